The Labute approximate surface area is 290 Å². The molecule has 4 heterocycles. The van der Waals surface area contributed by atoms with Gasteiger partial charge in [-0.2, -0.15) is 5.10 Å². The highest BCUT2D eigenvalue weighted by Crippen LogP contribution is 2.64. The van der Waals surface area contributed by atoms with Gasteiger partial charge in [0.25, 0.3) is 0 Å². The van der Waals surface area contributed by atoms with Crippen LogP contribution in [-0.4, -0.2) is 38.5 Å². The Morgan fingerprint density at radius 1 is 0.980 bits per heavy atom. The van der Waals surface area contributed by atoms with E-state index in [9.17, 15) is 19.5 Å². The van der Waals surface area contributed by atoms with E-state index < -0.39 is 35.0 Å². The summed E-state index contributed by atoms with van der Waals surface area (Å²) in [5, 5.41) is 21.2. The van der Waals surface area contributed by atoms with Crippen molar-refractivity contribution in [3.05, 3.63) is 88.5 Å². The Bertz CT molecular complexity index is 2380. The summed E-state index contributed by atoms with van der Waals surface area (Å²) in [6.07, 6.45) is 2.66. The number of carbonyl (C=O) groups excluding carboxylic acids is 4. The zero-order valence-corrected chi connectivity index (χ0v) is 28.4. The lowest BCUT2D eigenvalue weighted by Crippen LogP contribution is -2.48. The van der Waals surface area contributed by atoms with Crippen LogP contribution in [0.4, 0.5) is 5.82 Å². The van der Waals surface area contributed by atoms with Gasteiger partial charge in [0.1, 0.15) is 17.3 Å². The van der Waals surface area contributed by atoms with Crippen molar-refractivity contribution in [1.29, 1.82) is 0 Å². The summed E-state index contributed by atoms with van der Waals surface area (Å²) in [4.78, 5) is 58.1. The van der Waals surface area contributed by atoms with Crippen molar-refractivity contribution >= 4 is 73.2 Å². The zero-order valence-electron chi connectivity index (χ0n) is 26.9. The van der Waals surface area contributed by atoms with Crippen molar-refractivity contribution in [1.82, 2.24) is 15.1 Å². The van der Waals surface area contributed by atoms with Crippen LogP contribution in [-0.2, 0) is 26.2 Å². The molecular formula is C38H31ClN4O5S. The van der Waals surface area contributed by atoms with Crippen molar-refractivity contribution in [2.24, 2.45) is 36.1 Å². The molecule has 49 heavy (non-hydrogen) atoms. The van der Waals surface area contributed by atoms with Gasteiger partial charge >= 0.3 is 0 Å². The SMILES string of the molecule is Cc1c(-c2cc(N3C(=O)[C@@H]4C[C@@H]5C(=CC[C@@H]6C(=O)NC(=O)[C@@H]65)[C@H](c5ccc(O)c6ccccc56)[C@]4(C)C3=O)n(C)n2)sc2ccc(Cl)cc12. The number of phenolic OH excluding ortho intramolecular Hbond substituents is 1. The molecule has 0 radical (unpaired) electrons. The number of amides is 4. The van der Waals surface area contributed by atoms with Crippen molar-refractivity contribution in [3.63, 3.8) is 0 Å². The summed E-state index contributed by atoms with van der Waals surface area (Å²) in [7, 11) is 1.73. The first-order chi connectivity index (χ1) is 23.5. The molecular weight excluding hydrogens is 660 g/mol. The van der Waals surface area contributed by atoms with Crippen LogP contribution in [0, 0.1) is 36.0 Å². The molecule has 2 aliphatic heterocycles. The molecule has 6 atom stereocenters. The zero-order chi connectivity index (χ0) is 34.1. The molecule has 246 valence electrons. The number of thiophene rings is 1. The lowest BCUT2D eigenvalue weighted by molar-refractivity contribution is -0.131. The smallest absolute Gasteiger partial charge is 0.242 e. The Morgan fingerprint density at radius 2 is 1.76 bits per heavy atom. The third-order valence-corrected chi connectivity index (χ3v) is 13.1. The second-order valence-electron chi connectivity index (χ2n) is 13.9. The fourth-order valence-corrected chi connectivity index (χ4v) is 10.6. The number of aryl methyl sites for hydroxylation is 2. The first kappa shape index (κ1) is 30.3. The molecule has 2 aromatic heterocycles. The van der Waals surface area contributed by atoms with Crippen LogP contribution in [0.1, 0.15) is 36.8 Å². The lowest BCUT2D eigenvalue weighted by atomic mass is 9.51. The summed E-state index contributed by atoms with van der Waals surface area (Å²) in [6.45, 7) is 3.88. The molecule has 5 aromatic rings. The largest absolute Gasteiger partial charge is 0.507 e. The second-order valence-corrected chi connectivity index (χ2v) is 15.4. The summed E-state index contributed by atoms with van der Waals surface area (Å²) < 4.78 is 2.64. The Balaban J connectivity index is 1.21. The minimum absolute atomic E-state index is 0.114. The molecule has 0 bridgehead atoms. The van der Waals surface area contributed by atoms with Gasteiger partial charge in [0.05, 0.1) is 28.0 Å². The summed E-state index contributed by atoms with van der Waals surface area (Å²) in [5.74, 6) is -3.71. The highest BCUT2D eigenvalue weighted by Gasteiger charge is 2.67. The highest BCUT2D eigenvalue weighted by molar-refractivity contribution is 7.22. The fourth-order valence-electron chi connectivity index (χ4n) is 9.26. The molecule has 9 rings (SSSR count). The molecule has 3 fully saturated rings. The Kier molecular flexibility index (Phi) is 6.40. The normalized spacial score (nSPS) is 27.8. The van der Waals surface area contributed by atoms with Gasteiger partial charge in [0.2, 0.25) is 23.6 Å². The van der Waals surface area contributed by atoms with Gasteiger partial charge in [-0.1, -0.05) is 53.6 Å². The van der Waals surface area contributed by atoms with Gasteiger partial charge < -0.3 is 5.11 Å². The second kappa shape index (κ2) is 10.4. The number of aromatic hydroxyl groups is 1. The number of nitrogens with one attached hydrogen (secondary N) is 1. The minimum Gasteiger partial charge on any atom is -0.507 e. The molecule has 9 nitrogen and oxygen atoms in total. The van der Waals surface area contributed by atoms with E-state index in [2.05, 4.69) is 5.32 Å². The molecule has 11 heteroatoms. The number of halogens is 1. The van der Waals surface area contributed by atoms with E-state index in [1.165, 1.54) is 4.90 Å². The maximum atomic E-state index is 15.1. The van der Waals surface area contributed by atoms with Crippen LogP contribution in [0.2, 0.25) is 5.02 Å². The van der Waals surface area contributed by atoms with E-state index in [0.717, 1.165) is 37.0 Å². The lowest BCUT2D eigenvalue weighted by Gasteiger charge is -2.49. The monoisotopic (exact) mass is 690 g/mol. The fraction of sp³-hybridized carbons (Fsp3) is 0.289. The number of nitrogens with zero attached hydrogens (tertiary/aromatic N) is 3. The Morgan fingerprint density at radius 3 is 2.55 bits per heavy atom. The number of rotatable bonds is 3. The number of carbonyl (C=O) groups is 4. The third kappa shape index (κ3) is 4.01. The van der Waals surface area contributed by atoms with Crippen LogP contribution < -0.4 is 10.2 Å². The standard InChI is InChI=1S/C38H31ClN4O5S/c1-17-24-14-18(39)8-13-29(24)49-33(17)27-16-30(42(3)41-27)43-36(47)26-15-25-22(9-10-23-31(25)35(46)40-34(23)45)32(38(26,2)37(43)48)21-11-12-28(44)20-7-5-4-6-19(20)21/h4-9,11-14,16,23,25-26,31-32,44H,10,15H2,1-3H3,(H,40,45,46)/t23-,25+,26-,31-,32-,38+/m0/s1. The van der Waals surface area contributed by atoms with E-state index in [0.29, 0.717) is 28.3 Å². The number of hydrogen-bond donors (Lipinski definition) is 2. The molecule has 0 spiro atoms. The predicted octanol–water partition coefficient (Wildman–Crippen LogP) is 6.64. The van der Waals surface area contributed by atoms with Gasteiger partial charge in [-0.05, 0) is 78.8 Å². The van der Waals surface area contributed by atoms with Crippen molar-refractivity contribution < 1.29 is 24.3 Å². The molecule has 1 saturated carbocycles. The number of aromatic nitrogens is 2. The Hall–Kier alpha value is -4.80. The van der Waals surface area contributed by atoms with Crippen molar-refractivity contribution in [3.8, 4) is 16.3 Å². The maximum Gasteiger partial charge on any atom is 0.242 e. The van der Waals surface area contributed by atoms with Gasteiger partial charge in [0, 0.05) is 34.1 Å². The van der Waals surface area contributed by atoms with Gasteiger partial charge in [-0.25, -0.2) is 4.90 Å². The number of anilines is 1. The topological polar surface area (TPSA) is 122 Å². The third-order valence-electron chi connectivity index (χ3n) is 11.6. The number of fused-ring (bicyclic) bond motifs is 6. The van der Waals surface area contributed by atoms with Crippen molar-refractivity contribution in [2.75, 3.05) is 4.90 Å². The molecule has 2 saturated heterocycles. The van der Waals surface area contributed by atoms with Crippen LogP contribution in [0.5, 0.6) is 5.75 Å². The van der Waals surface area contributed by atoms with Crippen LogP contribution in [0.25, 0.3) is 31.4 Å². The number of benzene rings is 3. The maximum absolute atomic E-state index is 15.1. The van der Waals surface area contributed by atoms with E-state index in [4.69, 9.17) is 16.7 Å². The average molecular weight is 691 g/mol. The molecule has 4 amide bonds. The highest BCUT2D eigenvalue weighted by atomic mass is 35.5. The van der Waals surface area contributed by atoms with Crippen LogP contribution >= 0.6 is 22.9 Å². The number of phenols is 1. The molecule has 4 aliphatic rings. The quantitative estimate of drug-likeness (QED) is 0.162. The molecule has 0 unspecified atom stereocenters. The first-order valence-corrected chi connectivity index (χ1v) is 17.5. The van der Waals surface area contributed by atoms with Gasteiger partial charge in [-0.3, -0.25) is 29.2 Å². The van der Waals surface area contributed by atoms with Crippen LogP contribution in [0.15, 0.2) is 72.3 Å². The summed E-state index contributed by atoms with van der Waals surface area (Å²) >= 11 is 7.88. The average Bonchev–Trinajstić information content (AvgIpc) is 3.77. The molecule has 3 aromatic carbocycles. The number of allylic oxidation sites excluding steroid dienone is 2. The van der Waals surface area contributed by atoms with Crippen LogP contribution in [0.3, 0.4) is 0 Å². The van der Waals surface area contributed by atoms with Gasteiger partial charge in [-0.15, -0.1) is 11.3 Å². The number of hydrogen-bond acceptors (Lipinski definition) is 7. The van der Waals surface area contributed by atoms with E-state index in [1.807, 2.05) is 68.5 Å². The van der Waals surface area contributed by atoms with Crippen molar-refractivity contribution in [2.45, 2.75) is 32.6 Å². The molecule has 2 N–H and O–H groups in total. The first-order valence-electron chi connectivity index (χ1n) is 16.4. The predicted molar refractivity (Wildman–Crippen MR) is 187 cm³/mol. The minimum atomic E-state index is -1.22. The summed E-state index contributed by atoms with van der Waals surface area (Å²) in [6, 6.07) is 18.5. The van der Waals surface area contributed by atoms with Gasteiger partial charge in [0.15, 0.2) is 0 Å². The van der Waals surface area contributed by atoms with E-state index >= 15 is 4.79 Å². The van der Waals surface area contributed by atoms with E-state index in [1.54, 1.807) is 35.2 Å². The molecule has 2 aliphatic carbocycles. The summed E-state index contributed by atoms with van der Waals surface area (Å²) in [5.41, 5.74) is 2.14. The van der Waals surface area contributed by atoms with E-state index in [-0.39, 0.29) is 35.8 Å². The number of imide groups is 2.